The Morgan fingerprint density at radius 3 is 2.72 bits per heavy atom. The minimum absolute atomic E-state index is 0.00741. The average Bonchev–Trinajstić information content (AvgIpc) is 3.05. The Balaban J connectivity index is 1.71. The molecule has 0 unspecified atom stereocenters. The predicted octanol–water partition coefficient (Wildman–Crippen LogP) is 5.21. The molecule has 2 aromatic carbocycles. The second-order valence-corrected chi connectivity index (χ2v) is 7.55. The second-order valence-electron chi connectivity index (χ2n) is 7.14. The van der Waals surface area contributed by atoms with Crippen molar-refractivity contribution >= 4 is 40.0 Å². The van der Waals surface area contributed by atoms with E-state index in [2.05, 4.69) is 22.5 Å². The van der Waals surface area contributed by atoms with Crippen LogP contribution in [0.5, 0.6) is 5.75 Å². The van der Waals surface area contributed by atoms with Crippen molar-refractivity contribution in [3.05, 3.63) is 41.5 Å². The van der Waals surface area contributed by atoms with Gasteiger partial charge in [0.25, 0.3) is 0 Å². The fourth-order valence-corrected chi connectivity index (χ4v) is 3.40. The lowest BCUT2D eigenvalue weighted by atomic mass is 10.1. The van der Waals surface area contributed by atoms with Crippen molar-refractivity contribution in [2.45, 2.75) is 46.5 Å². The molecule has 3 rings (SSSR count). The molecule has 1 aromatic heterocycles. The summed E-state index contributed by atoms with van der Waals surface area (Å²) in [5, 5.41) is 16.2. The van der Waals surface area contributed by atoms with Crippen LogP contribution in [0.4, 0.5) is 5.69 Å². The van der Waals surface area contributed by atoms with Gasteiger partial charge in [0.2, 0.25) is 11.8 Å². The van der Waals surface area contributed by atoms with E-state index in [9.17, 15) is 9.90 Å². The van der Waals surface area contributed by atoms with Gasteiger partial charge in [0.05, 0.1) is 5.56 Å². The Morgan fingerprint density at radius 2 is 2.00 bits per heavy atom. The molecule has 152 valence electrons. The summed E-state index contributed by atoms with van der Waals surface area (Å²) in [6.45, 7) is 6.06. The van der Waals surface area contributed by atoms with E-state index in [1.54, 1.807) is 12.1 Å². The number of oxazole rings is 1. The number of hydrogen-bond acceptors (Lipinski definition) is 5. The average molecular weight is 412 g/mol. The lowest BCUT2D eigenvalue weighted by Gasteiger charge is -2.10. The summed E-state index contributed by atoms with van der Waals surface area (Å²) in [5.41, 5.74) is 4.61. The first-order valence-corrected chi connectivity index (χ1v) is 10.1. The second kappa shape index (κ2) is 9.05. The van der Waals surface area contributed by atoms with Crippen molar-refractivity contribution in [3.8, 4) is 17.2 Å². The van der Waals surface area contributed by atoms with Crippen LogP contribution in [-0.4, -0.2) is 21.1 Å². The predicted molar refractivity (Wildman–Crippen MR) is 119 cm³/mol. The molecular formula is C22H25N3O3S. The number of aromatic nitrogens is 1. The van der Waals surface area contributed by atoms with Crippen LogP contribution in [0.3, 0.4) is 0 Å². The van der Waals surface area contributed by atoms with E-state index < -0.39 is 0 Å². The van der Waals surface area contributed by atoms with Gasteiger partial charge in [-0.25, -0.2) is 4.98 Å². The minimum Gasteiger partial charge on any atom is -0.507 e. The third kappa shape index (κ3) is 5.12. The van der Waals surface area contributed by atoms with E-state index in [1.165, 1.54) is 6.07 Å². The summed E-state index contributed by atoms with van der Waals surface area (Å²) in [4.78, 5) is 16.4. The van der Waals surface area contributed by atoms with Gasteiger partial charge in [-0.3, -0.25) is 4.79 Å². The van der Waals surface area contributed by atoms with Crippen molar-refractivity contribution in [1.29, 1.82) is 0 Å². The number of benzene rings is 2. The maximum atomic E-state index is 11.9. The molecule has 0 aliphatic rings. The summed E-state index contributed by atoms with van der Waals surface area (Å²) >= 11 is 5.18. The van der Waals surface area contributed by atoms with Gasteiger partial charge in [-0.05, 0) is 61.8 Å². The molecule has 0 fully saturated rings. The van der Waals surface area contributed by atoms with Crippen LogP contribution in [0.15, 0.2) is 34.7 Å². The van der Waals surface area contributed by atoms with Crippen molar-refractivity contribution < 1.29 is 14.3 Å². The number of nitrogens with zero attached hydrogens (tertiary/aromatic N) is 1. The topological polar surface area (TPSA) is 87.4 Å². The third-order valence-corrected chi connectivity index (χ3v) is 4.77. The lowest BCUT2D eigenvalue weighted by Crippen LogP contribution is -2.33. The Hall–Kier alpha value is -2.93. The quantitative estimate of drug-likeness (QED) is 0.381. The number of nitrogens with one attached hydrogen (secondary N) is 2. The van der Waals surface area contributed by atoms with Crippen LogP contribution in [0.25, 0.3) is 22.6 Å². The number of unbranched alkanes of at least 4 members (excludes halogenated alkanes) is 2. The molecule has 1 heterocycles. The van der Waals surface area contributed by atoms with Gasteiger partial charge in [0, 0.05) is 18.2 Å². The van der Waals surface area contributed by atoms with Crippen LogP contribution >= 0.6 is 12.2 Å². The zero-order valence-corrected chi connectivity index (χ0v) is 17.7. The molecule has 3 N–H and O–H groups in total. The number of fused-ring (bicyclic) bond motifs is 1. The summed E-state index contributed by atoms with van der Waals surface area (Å²) in [6.07, 6.45) is 3.35. The number of phenols is 1. The Morgan fingerprint density at radius 1 is 1.21 bits per heavy atom. The van der Waals surface area contributed by atoms with E-state index in [-0.39, 0.29) is 16.8 Å². The first-order chi connectivity index (χ1) is 13.9. The van der Waals surface area contributed by atoms with Crippen LogP contribution in [0.2, 0.25) is 0 Å². The number of hydrogen-bond donors (Lipinski definition) is 3. The largest absolute Gasteiger partial charge is 0.507 e. The van der Waals surface area contributed by atoms with Crippen molar-refractivity contribution in [3.63, 3.8) is 0 Å². The van der Waals surface area contributed by atoms with E-state index in [4.69, 9.17) is 16.6 Å². The number of aryl methyl sites for hydroxylation is 2. The van der Waals surface area contributed by atoms with Gasteiger partial charge in [0.1, 0.15) is 11.3 Å². The number of carbonyl (C=O) groups excluding carboxylic acids is 1. The number of carbonyl (C=O) groups is 1. The van der Waals surface area contributed by atoms with Crippen LogP contribution in [-0.2, 0) is 4.79 Å². The molecule has 0 bridgehead atoms. The molecule has 0 aliphatic heterocycles. The fraction of sp³-hybridized carbons (Fsp3) is 0.318. The first-order valence-electron chi connectivity index (χ1n) is 9.69. The number of thiocarbonyl (C=S) groups is 1. The highest BCUT2D eigenvalue weighted by Gasteiger charge is 2.15. The van der Waals surface area contributed by atoms with E-state index >= 15 is 0 Å². The molecule has 1 amide bonds. The normalized spacial score (nSPS) is 10.9. The lowest BCUT2D eigenvalue weighted by molar-refractivity contribution is -0.119. The highest BCUT2D eigenvalue weighted by molar-refractivity contribution is 7.80. The number of anilines is 1. The minimum atomic E-state index is -0.117. The van der Waals surface area contributed by atoms with E-state index in [0.29, 0.717) is 29.1 Å². The first kappa shape index (κ1) is 20.8. The van der Waals surface area contributed by atoms with Crippen molar-refractivity contribution in [1.82, 2.24) is 10.3 Å². The highest BCUT2D eigenvalue weighted by atomic mass is 32.1. The van der Waals surface area contributed by atoms with Gasteiger partial charge in [-0.2, -0.15) is 0 Å². The summed E-state index contributed by atoms with van der Waals surface area (Å²) in [6, 6.07) is 8.96. The van der Waals surface area contributed by atoms with Gasteiger partial charge in [0.15, 0.2) is 10.7 Å². The smallest absolute Gasteiger partial charge is 0.231 e. The monoisotopic (exact) mass is 411 g/mol. The van der Waals surface area contributed by atoms with Crippen molar-refractivity contribution in [2.24, 2.45) is 0 Å². The third-order valence-electron chi connectivity index (χ3n) is 4.57. The molecule has 0 spiro atoms. The highest BCUT2D eigenvalue weighted by Crippen LogP contribution is 2.34. The maximum Gasteiger partial charge on any atom is 0.231 e. The van der Waals surface area contributed by atoms with Gasteiger partial charge in [-0.1, -0.05) is 25.8 Å². The fourth-order valence-electron chi connectivity index (χ4n) is 3.17. The maximum absolute atomic E-state index is 11.9. The van der Waals surface area contributed by atoms with Crippen LogP contribution in [0.1, 0.15) is 43.7 Å². The SMILES string of the molecule is CCCCCC(=O)NC(=S)Nc1ccc(-c2nc3cc(C)cc(C)c3o2)c(O)c1. The van der Waals surface area contributed by atoms with Crippen molar-refractivity contribution in [2.75, 3.05) is 5.32 Å². The van der Waals surface area contributed by atoms with E-state index in [1.807, 2.05) is 26.0 Å². The number of rotatable bonds is 6. The summed E-state index contributed by atoms with van der Waals surface area (Å²) in [5.74, 6) is 0.242. The summed E-state index contributed by atoms with van der Waals surface area (Å²) in [7, 11) is 0. The molecule has 0 atom stereocenters. The molecule has 0 radical (unpaired) electrons. The van der Waals surface area contributed by atoms with Gasteiger partial charge in [-0.15, -0.1) is 0 Å². The van der Waals surface area contributed by atoms with Crippen LogP contribution < -0.4 is 10.6 Å². The molecular weight excluding hydrogens is 386 g/mol. The Kier molecular flexibility index (Phi) is 6.49. The molecule has 0 saturated carbocycles. The molecule has 0 saturated heterocycles. The Bertz CT molecular complexity index is 1060. The van der Waals surface area contributed by atoms with Crippen LogP contribution in [0, 0.1) is 13.8 Å². The number of phenolic OH excluding ortho intramolecular Hbond substituents is 1. The molecule has 6 nitrogen and oxygen atoms in total. The van der Waals surface area contributed by atoms with E-state index in [0.717, 1.165) is 35.9 Å². The van der Waals surface area contributed by atoms with Gasteiger partial charge < -0.3 is 20.2 Å². The molecule has 7 heteroatoms. The van der Waals surface area contributed by atoms with Gasteiger partial charge >= 0.3 is 0 Å². The number of aromatic hydroxyl groups is 1. The molecule has 0 aliphatic carbocycles. The number of amides is 1. The molecule has 3 aromatic rings. The zero-order chi connectivity index (χ0) is 21.0. The summed E-state index contributed by atoms with van der Waals surface area (Å²) < 4.78 is 5.87. The molecule has 29 heavy (non-hydrogen) atoms. The zero-order valence-electron chi connectivity index (χ0n) is 16.8. The standard InChI is InChI=1S/C22H25N3O3S/c1-4-5-6-7-19(27)25-22(29)23-15-8-9-16(18(26)12-15)21-24-17-11-13(2)10-14(3)20(17)28-21/h8-12,26H,4-7H2,1-3H3,(H2,23,25,27,29). The Labute approximate surface area is 175 Å².